The predicted molar refractivity (Wildman–Crippen MR) is 107 cm³/mol. The predicted octanol–water partition coefficient (Wildman–Crippen LogP) is 2.93. The van der Waals surface area contributed by atoms with E-state index in [-0.39, 0.29) is 11.8 Å². The molecular weight excluding hydrogens is 356 g/mol. The lowest BCUT2D eigenvalue weighted by molar-refractivity contribution is -0.116. The van der Waals surface area contributed by atoms with Crippen LogP contribution in [0.3, 0.4) is 0 Å². The molecule has 2 aromatic rings. The number of methoxy groups -OCH3 is 2. The molecule has 2 aromatic carbocycles. The molecule has 0 aromatic heterocycles. The Labute approximate surface area is 164 Å². The van der Waals surface area contributed by atoms with Crippen molar-refractivity contribution in [1.29, 1.82) is 0 Å². The van der Waals surface area contributed by atoms with Gasteiger partial charge in [0.2, 0.25) is 5.91 Å². The number of hydrogen-bond acceptors (Lipinski definition) is 4. The van der Waals surface area contributed by atoms with Crippen molar-refractivity contribution in [2.45, 2.75) is 25.4 Å². The van der Waals surface area contributed by atoms with Crippen LogP contribution in [0.1, 0.15) is 34.3 Å². The standard InChI is InChI=1S/C22H24N2O4/c1-27-19-10-11-20(28-2)17(13-19)14-23-21(25)12-5-15-3-6-16(7-4-15)22(26)24-18-8-9-18/h3-7,10-13,18H,8-9,14H2,1-2H3,(H,23,25)(H,24,26)/b12-5+. The number of carbonyl (C=O) groups excluding carboxylic acids is 2. The Hall–Kier alpha value is -3.28. The van der Waals surface area contributed by atoms with Crippen molar-refractivity contribution in [3.63, 3.8) is 0 Å². The van der Waals surface area contributed by atoms with Gasteiger partial charge < -0.3 is 20.1 Å². The Morgan fingerprint density at radius 2 is 1.82 bits per heavy atom. The van der Waals surface area contributed by atoms with Gasteiger partial charge in [-0.25, -0.2) is 0 Å². The summed E-state index contributed by atoms with van der Waals surface area (Å²) in [5, 5.41) is 5.78. The molecular formula is C22H24N2O4. The average molecular weight is 380 g/mol. The highest BCUT2D eigenvalue weighted by Crippen LogP contribution is 2.23. The van der Waals surface area contributed by atoms with E-state index in [4.69, 9.17) is 9.47 Å². The van der Waals surface area contributed by atoms with Crippen LogP contribution >= 0.6 is 0 Å². The number of benzene rings is 2. The first kappa shape index (κ1) is 19.5. The molecule has 0 bridgehead atoms. The van der Waals surface area contributed by atoms with Crippen molar-refractivity contribution >= 4 is 17.9 Å². The second-order valence-corrected chi connectivity index (χ2v) is 6.60. The number of hydrogen-bond donors (Lipinski definition) is 2. The third-order valence-corrected chi connectivity index (χ3v) is 4.45. The molecule has 2 N–H and O–H groups in total. The fourth-order valence-corrected chi connectivity index (χ4v) is 2.68. The number of amides is 2. The van der Waals surface area contributed by atoms with E-state index in [1.807, 2.05) is 18.2 Å². The molecule has 0 spiro atoms. The molecule has 0 unspecified atom stereocenters. The summed E-state index contributed by atoms with van der Waals surface area (Å²) < 4.78 is 10.5. The molecule has 0 radical (unpaired) electrons. The summed E-state index contributed by atoms with van der Waals surface area (Å²) in [6.45, 7) is 0.323. The molecule has 1 saturated carbocycles. The normalized spacial score (nSPS) is 13.2. The minimum Gasteiger partial charge on any atom is -0.497 e. The first-order chi connectivity index (χ1) is 13.6. The smallest absolute Gasteiger partial charge is 0.251 e. The molecule has 2 amide bonds. The highest BCUT2D eigenvalue weighted by atomic mass is 16.5. The first-order valence-electron chi connectivity index (χ1n) is 9.17. The van der Waals surface area contributed by atoms with Crippen LogP contribution in [0.2, 0.25) is 0 Å². The van der Waals surface area contributed by atoms with Crippen molar-refractivity contribution in [2.75, 3.05) is 14.2 Å². The van der Waals surface area contributed by atoms with Crippen molar-refractivity contribution in [2.24, 2.45) is 0 Å². The Bertz CT molecular complexity index is 871. The third-order valence-electron chi connectivity index (χ3n) is 4.45. The quantitative estimate of drug-likeness (QED) is 0.691. The summed E-state index contributed by atoms with van der Waals surface area (Å²) in [4.78, 5) is 24.1. The van der Waals surface area contributed by atoms with Crippen LogP contribution in [-0.4, -0.2) is 32.1 Å². The van der Waals surface area contributed by atoms with Gasteiger partial charge in [0.25, 0.3) is 5.91 Å². The van der Waals surface area contributed by atoms with E-state index in [1.165, 1.54) is 6.08 Å². The first-order valence-corrected chi connectivity index (χ1v) is 9.17. The zero-order valence-electron chi connectivity index (χ0n) is 16.0. The van der Waals surface area contributed by atoms with Gasteiger partial charge in [0, 0.05) is 29.8 Å². The lowest BCUT2D eigenvalue weighted by Gasteiger charge is -2.10. The molecule has 0 heterocycles. The van der Waals surface area contributed by atoms with Crippen LogP contribution in [0, 0.1) is 0 Å². The highest BCUT2D eigenvalue weighted by molar-refractivity contribution is 5.95. The largest absolute Gasteiger partial charge is 0.497 e. The van der Waals surface area contributed by atoms with Gasteiger partial charge in [0.1, 0.15) is 11.5 Å². The summed E-state index contributed by atoms with van der Waals surface area (Å²) in [5.41, 5.74) is 2.30. The van der Waals surface area contributed by atoms with Gasteiger partial charge in [-0.3, -0.25) is 9.59 Å². The van der Waals surface area contributed by atoms with Crippen LogP contribution in [-0.2, 0) is 11.3 Å². The summed E-state index contributed by atoms with van der Waals surface area (Å²) in [7, 11) is 3.18. The maximum Gasteiger partial charge on any atom is 0.251 e. The van der Waals surface area contributed by atoms with Crippen LogP contribution in [0.25, 0.3) is 6.08 Å². The Kier molecular flexibility index (Phi) is 6.32. The summed E-state index contributed by atoms with van der Waals surface area (Å²) in [6.07, 6.45) is 5.29. The van der Waals surface area contributed by atoms with Crippen molar-refractivity contribution in [3.05, 3.63) is 65.2 Å². The second kappa shape index (κ2) is 9.08. The third kappa shape index (κ3) is 5.36. The SMILES string of the molecule is COc1ccc(OC)c(CNC(=O)/C=C/c2ccc(C(=O)NC3CC3)cc2)c1. The van der Waals surface area contributed by atoms with Gasteiger partial charge in [-0.2, -0.15) is 0 Å². The molecule has 0 aliphatic heterocycles. The molecule has 1 fully saturated rings. The molecule has 6 nitrogen and oxygen atoms in total. The van der Waals surface area contributed by atoms with E-state index in [1.54, 1.807) is 44.6 Å². The fourth-order valence-electron chi connectivity index (χ4n) is 2.68. The van der Waals surface area contributed by atoms with E-state index in [2.05, 4.69) is 10.6 Å². The molecule has 0 saturated heterocycles. The second-order valence-electron chi connectivity index (χ2n) is 6.60. The minimum atomic E-state index is -0.222. The van der Waals surface area contributed by atoms with Gasteiger partial charge in [0.05, 0.1) is 14.2 Å². The number of carbonyl (C=O) groups is 2. The van der Waals surface area contributed by atoms with Crippen LogP contribution in [0.5, 0.6) is 11.5 Å². The molecule has 146 valence electrons. The van der Waals surface area contributed by atoms with Crippen molar-refractivity contribution in [1.82, 2.24) is 10.6 Å². The zero-order chi connectivity index (χ0) is 19.9. The molecule has 3 rings (SSSR count). The summed E-state index contributed by atoms with van der Waals surface area (Å²) >= 11 is 0. The van der Waals surface area contributed by atoms with Crippen LogP contribution < -0.4 is 20.1 Å². The highest BCUT2D eigenvalue weighted by Gasteiger charge is 2.23. The lowest BCUT2D eigenvalue weighted by Crippen LogP contribution is -2.25. The van der Waals surface area contributed by atoms with Gasteiger partial charge in [0.15, 0.2) is 0 Å². The molecule has 1 aliphatic rings. The van der Waals surface area contributed by atoms with Crippen LogP contribution in [0.15, 0.2) is 48.5 Å². The molecule has 6 heteroatoms. The van der Waals surface area contributed by atoms with E-state index in [9.17, 15) is 9.59 Å². The van der Waals surface area contributed by atoms with Crippen molar-refractivity contribution < 1.29 is 19.1 Å². The maximum absolute atomic E-state index is 12.1. The Morgan fingerprint density at radius 1 is 1.07 bits per heavy atom. The fraction of sp³-hybridized carbons (Fsp3) is 0.273. The van der Waals surface area contributed by atoms with Crippen LogP contribution in [0.4, 0.5) is 0 Å². The minimum absolute atomic E-state index is 0.0528. The zero-order valence-corrected chi connectivity index (χ0v) is 16.0. The number of rotatable bonds is 8. The number of nitrogens with one attached hydrogen (secondary N) is 2. The average Bonchev–Trinajstić information content (AvgIpc) is 3.54. The van der Waals surface area contributed by atoms with Gasteiger partial charge in [-0.05, 0) is 54.8 Å². The van der Waals surface area contributed by atoms with E-state index >= 15 is 0 Å². The van der Waals surface area contributed by atoms with E-state index in [0.717, 1.165) is 24.0 Å². The summed E-state index contributed by atoms with van der Waals surface area (Å²) in [5.74, 6) is 1.11. The van der Waals surface area contributed by atoms with E-state index < -0.39 is 0 Å². The van der Waals surface area contributed by atoms with Gasteiger partial charge >= 0.3 is 0 Å². The van der Waals surface area contributed by atoms with Gasteiger partial charge in [-0.1, -0.05) is 12.1 Å². The monoisotopic (exact) mass is 380 g/mol. The lowest BCUT2D eigenvalue weighted by atomic mass is 10.1. The van der Waals surface area contributed by atoms with Gasteiger partial charge in [-0.15, -0.1) is 0 Å². The van der Waals surface area contributed by atoms with E-state index in [0.29, 0.717) is 29.6 Å². The Balaban J connectivity index is 1.54. The number of ether oxygens (including phenoxy) is 2. The van der Waals surface area contributed by atoms with Crippen molar-refractivity contribution in [3.8, 4) is 11.5 Å². The Morgan fingerprint density at radius 3 is 2.46 bits per heavy atom. The molecule has 0 atom stereocenters. The topological polar surface area (TPSA) is 76.7 Å². The maximum atomic E-state index is 12.1. The molecule has 28 heavy (non-hydrogen) atoms. The molecule has 1 aliphatic carbocycles. The summed E-state index contributed by atoms with van der Waals surface area (Å²) in [6, 6.07) is 12.9.